The zero-order valence-electron chi connectivity index (χ0n) is 16.0. The number of H-pyrrole nitrogens is 1. The Balaban J connectivity index is 1.93. The maximum Gasteiger partial charge on any atom is 0.283 e. The molecule has 150 valence electrons. The molecule has 6 nitrogen and oxygen atoms in total. The molecule has 0 saturated carbocycles. The number of ketones is 1. The van der Waals surface area contributed by atoms with Crippen molar-refractivity contribution in [3.05, 3.63) is 95.7 Å². The average molecular weight is 418 g/mol. The van der Waals surface area contributed by atoms with Crippen molar-refractivity contribution in [2.24, 2.45) is 4.40 Å². The van der Waals surface area contributed by atoms with Gasteiger partial charge in [0.2, 0.25) is 5.78 Å². The number of rotatable bonds is 5. The minimum atomic E-state index is -4.20. The van der Waals surface area contributed by atoms with Gasteiger partial charge in [-0.05, 0) is 31.2 Å². The number of hydrogen-bond donors (Lipinski definition) is 2. The molecule has 2 N–H and O–H groups in total. The molecular weight excluding hydrogens is 400 g/mol. The average Bonchev–Trinajstić information content (AvgIpc) is 3.09. The number of sulfonamides is 1. The van der Waals surface area contributed by atoms with Gasteiger partial charge >= 0.3 is 0 Å². The van der Waals surface area contributed by atoms with Crippen LogP contribution in [-0.4, -0.2) is 30.0 Å². The molecule has 30 heavy (non-hydrogen) atoms. The van der Waals surface area contributed by atoms with Crippen LogP contribution in [0.2, 0.25) is 0 Å². The standard InChI is InChI=1S/C23H18N2O4S/c1-15-11-13-17(14-12-15)30(28,29)25-21(22(26)16-7-3-2-4-8-16)20-23(27)18-9-5-6-10-19(18)24-20/h2-14,24,27H,1H3/b25-21+. The topological polar surface area (TPSA) is 99.6 Å². The summed E-state index contributed by atoms with van der Waals surface area (Å²) in [6.07, 6.45) is 0. The van der Waals surface area contributed by atoms with Crippen LogP contribution in [0.25, 0.3) is 10.9 Å². The van der Waals surface area contributed by atoms with E-state index >= 15 is 0 Å². The highest BCUT2D eigenvalue weighted by atomic mass is 32.2. The summed E-state index contributed by atoms with van der Waals surface area (Å²) >= 11 is 0. The van der Waals surface area contributed by atoms with E-state index in [1.807, 2.05) is 6.92 Å². The van der Waals surface area contributed by atoms with Crippen molar-refractivity contribution in [1.29, 1.82) is 0 Å². The third-order valence-corrected chi connectivity index (χ3v) is 5.99. The Bertz CT molecular complexity index is 1370. The molecule has 0 amide bonds. The van der Waals surface area contributed by atoms with Gasteiger partial charge in [0.1, 0.15) is 5.69 Å². The fraction of sp³-hybridized carbons (Fsp3) is 0.0435. The molecule has 0 saturated heterocycles. The van der Waals surface area contributed by atoms with Crippen LogP contribution in [0.5, 0.6) is 5.75 Å². The number of benzene rings is 3. The van der Waals surface area contributed by atoms with Crippen molar-refractivity contribution in [2.75, 3.05) is 0 Å². The van der Waals surface area contributed by atoms with Crippen LogP contribution in [0, 0.1) is 6.92 Å². The Hall–Kier alpha value is -3.71. The predicted octanol–water partition coefficient (Wildman–Crippen LogP) is 4.24. The lowest BCUT2D eigenvalue weighted by Crippen LogP contribution is -2.19. The van der Waals surface area contributed by atoms with E-state index in [0.29, 0.717) is 10.9 Å². The largest absolute Gasteiger partial charge is 0.505 e. The SMILES string of the molecule is Cc1ccc(S(=O)(=O)/N=C(/C(=O)c2ccccc2)c2[nH]c3ccccc3c2O)cc1. The van der Waals surface area contributed by atoms with Gasteiger partial charge in [-0.1, -0.05) is 60.2 Å². The predicted molar refractivity (Wildman–Crippen MR) is 116 cm³/mol. The maximum absolute atomic E-state index is 13.2. The molecule has 0 atom stereocenters. The second-order valence-corrected chi connectivity index (χ2v) is 8.42. The lowest BCUT2D eigenvalue weighted by molar-refractivity contribution is 0.106. The van der Waals surface area contributed by atoms with Crippen molar-refractivity contribution < 1.29 is 18.3 Å². The number of aryl methyl sites for hydroxylation is 1. The number of nitrogens with one attached hydrogen (secondary N) is 1. The summed E-state index contributed by atoms with van der Waals surface area (Å²) in [4.78, 5) is 16.1. The zero-order chi connectivity index (χ0) is 21.3. The summed E-state index contributed by atoms with van der Waals surface area (Å²) < 4.78 is 29.8. The van der Waals surface area contributed by atoms with Crippen molar-refractivity contribution in [3.63, 3.8) is 0 Å². The Morgan fingerprint density at radius 2 is 1.53 bits per heavy atom. The molecule has 1 heterocycles. The lowest BCUT2D eigenvalue weighted by Gasteiger charge is -2.07. The number of carbonyl (C=O) groups is 1. The van der Waals surface area contributed by atoms with Crippen LogP contribution < -0.4 is 0 Å². The molecule has 0 aliphatic heterocycles. The Morgan fingerprint density at radius 3 is 2.20 bits per heavy atom. The van der Waals surface area contributed by atoms with E-state index in [2.05, 4.69) is 9.38 Å². The number of hydrogen-bond acceptors (Lipinski definition) is 4. The first kappa shape index (κ1) is 19.6. The van der Waals surface area contributed by atoms with E-state index in [4.69, 9.17) is 0 Å². The number of fused-ring (bicyclic) bond motifs is 1. The second-order valence-electron chi connectivity index (χ2n) is 6.82. The number of Topliss-reactive ketones (excluding diaryl/α,β-unsaturated/α-hetero) is 1. The monoisotopic (exact) mass is 418 g/mol. The molecule has 4 rings (SSSR count). The highest BCUT2D eigenvalue weighted by molar-refractivity contribution is 7.90. The third kappa shape index (κ3) is 3.62. The van der Waals surface area contributed by atoms with Crippen LogP contribution in [0.3, 0.4) is 0 Å². The number of para-hydroxylation sites is 1. The molecule has 0 spiro atoms. The van der Waals surface area contributed by atoms with Crippen molar-refractivity contribution >= 4 is 32.4 Å². The fourth-order valence-electron chi connectivity index (χ4n) is 3.11. The minimum absolute atomic E-state index is 0.0398. The first-order valence-electron chi connectivity index (χ1n) is 9.18. The van der Waals surface area contributed by atoms with Gasteiger partial charge in [-0.25, -0.2) is 0 Å². The van der Waals surface area contributed by atoms with Gasteiger partial charge in [0.25, 0.3) is 10.0 Å². The van der Waals surface area contributed by atoms with E-state index in [9.17, 15) is 18.3 Å². The smallest absolute Gasteiger partial charge is 0.283 e. The van der Waals surface area contributed by atoms with Crippen molar-refractivity contribution in [2.45, 2.75) is 11.8 Å². The van der Waals surface area contributed by atoms with E-state index in [-0.39, 0.29) is 27.6 Å². The minimum Gasteiger partial charge on any atom is -0.505 e. The quantitative estimate of drug-likeness (QED) is 0.374. The summed E-state index contributed by atoms with van der Waals surface area (Å²) in [6.45, 7) is 1.84. The van der Waals surface area contributed by atoms with Gasteiger partial charge in [-0.15, -0.1) is 0 Å². The highest BCUT2D eigenvalue weighted by Gasteiger charge is 2.26. The Kier molecular flexibility index (Phi) is 4.97. The number of aromatic hydroxyl groups is 1. The molecule has 0 unspecified atom stereocenters. The van der Waals surface area contributed by atoms with Crippen LogP contribution in [0.15, 0.2) is 88.2 Å². The zero-order valence-corrected chi connectivity index (χ0v) is 16.8. The molecule has 3 aromatic carbocycles. The number of aromatic amines is 1. The first-order valence-corrected chi connectivity index (χ1v) is 10.6. The van der Waals surface area contributed by atoms with E-state index in [1.54, 1.807) is 66.7 Å². The van der Waals surface area contributed by atoms with Gasteiger partial charge in [0, 0.05) is 16.5 Å². The normalized spacial score (nSPS) is 12.2. The van der Waals surface area contributed by atoms with Gasteiger partial charge in [0.05, 0.1) is 4.90 Å². The summed E-state index contributed by atoms with van der Waals surface area (Å²) in [5.41, 5.74) is 1.29. The number of carbonyl (C=O) groups excluding carboxylic acids is 1. The van der Waals surface area contributed by atoms with Gasteiger partial charge in [-0.3, -0.25) is 4.79 Å². The number of aromatic nitrogens is 1. The molecular formula is C23H18N2O4S. The van der Waals surface area contributed by atoms with Crippen LogP contribution in [-0.2, 0) is 10.0 Å². The second kappa shape index (κ2) is 7.61. The van der Waals surface area contributed by atoms with Crippen molar-refractivity contribution in [1.82, 2.24) is 4.98 Å². The van der Waals surface area contributed by atoms with Gasteiger partial charge < -0.3 is 10.1 Å². The summed E-state index contributed by atoms with van der Waals surface area (Å²) in [7, 11) is -4.20. The molecule has 7 heteroatoms. The van der Waals surface area contributed by atoms with E-state index in [0.717, 1.165) is 5.56 Å². The molecule has 0 bridgehead atoms. The summed E-state index contributed by atoms with van der Waals surface area (Å²) in [6, 6.07) is 21.3. The molecule has 0 fully saturated rings. The van der Waals surface area contributed by atoms with E-state index < -0.39 is 15.8 Å². The van der Waals surface area contributed by atoms with Gasteiger partial charge in [-0.2, -0.15) is 12.8 Å². The molecule has 0 radical (unpaired) electrons. The highest BCUT2D eigenvalue weighted by Crippen LogP contribution is 2.30. The third-order valence-electron chi connectivity index (χ3n) is 4.70. The maximum atomic E-state index is 13.2. The van der Waals surface area contributed by atoms with E-state index in [1.165, 1.54) is 12.1 Å². The van der Waals surface area contributed by atoms with Crippen molar-refractivity contribution in [3.8, 4) is 5.75 Å². The summed E-state index contributed by atoms with van der Waals surface area (Å²) in [5.74, 6) is -0.846. The molecule has 4 aromatic rings. The molecule has 0 aliphatic rings. The Morgan fingerprint density at radius 1 is 0.900 bits per heavy atom. The lowest BCUT2D eigenvalue weighted by atomic mass is 10.0. The molecule has 0 aliphatic carbocycles. The molecule has 1 aromatic heterocycles. The van der Waals surface area contributed by atoms with Crippen LogP contribution in [0.4, 0.5) is 0 Å². The number of nitrogens with zero attached hydrogens (tertiary/aromatic N) is 1. The first-order chi connectivity index (χ1) is 14.4. The summed E-state index contributed by atoms with van der Waals surface area (Å²) in [5, 5.41) is 11.2. The van der Waals surface area contributed by atoms with Crippen LogP contribution in [0.1, 0.15) is 21.6 Å². The fourth-order valence-corrected chi connectivity index (χ4v) is 4.11. The van der Waals surface area contributed by atoms with Gasteiger partial charge in [0.15, 0.2) is 11.5 Å². The van der Waals surface area contributed by atoms with Crippen LogP contribution >= 0.6 is 0 Å². The Labute approximate surface area is 173 Å².